The molecule has 2 atom stereocenters. The van der Waals surface area contributed by atoms with Gasteiger partial charge in [-0.3, -0.25) is 4.79 Å². The molecule has 2 aliphatic heterocycles. The normalized spacial score (nSPS) is 22.1. The summed E-state index contributed by atoms with van der Waals surface area (Å²) in [5.41, 5.74) is 3.75. The molecule has 3 nitrogen and oxygen atoms in total. The smallest absolute Gasteiger partial charge is 0.240 e. The highest BCUT2D eigenvalue weighted by atomic mass is 35.5. The van der Waals surface area contributed by atoms with Crippen molar-refractivity contribution in [2.45, 2.75) is 31.5 Å². The van der Waals surface area contributed by atoms with Crippen molar-refractivity contribution in [3.63, 3.8) is 0 Å². The number of fused-ring (bicyclic) bond motifs is 1. The highest BCUT2D eigenvalue weighted by Crippen LogP contribution is 2.30. The van der Waals surface area contributed by atoms with Gasteiger partial charge in [-0.2, -0.15) is 0 Å². The molecule has 0 aromatic heterocycles. The summed E-state index contributed by atoms with van der Waals surface area (Å²) in [6.45, 7) is 2.29. The van der Waals surface area contributed by atoms with Crippen molar-refractivity contribution in [1.29, 1.82) is 0 Å². The Kier molecular flexibility index (Phi) is 5.14. The van der Waals surface area contributed by atoms with Crippen LogP contribution in [0.4, 0.5) is 0 Å². The molecule has 1 fully saturated rings. The quantitative estimate of drug-likeness (QED) is 0.882. The van der Waals surface area contributed by atoms with E-state index in [9.17, 15) is 4.79 Å². The van der Waals surface area contributed by atoms with Crippen LogP contribution < -0.4 is 5.32 Å². The number of carbonyl (C=O) groups is 1. The third kappa shape index (κ3) is 3.30. The molecule has 4 rings (SSSR count). The van der Waals surface area contributed by atoms with Crippen molar-refractivity contribution in [3.8, 4) is 0 Å². The summed E-state index contributed by atoms with van der Waals surface area (Å²) >= 11 is 6.08. The molecule has 2 aromatic carbocycles. The predicted molar refractivity (Wildman–Crippen MR) is 98.5 cm³/mol. The van der Waals surface area contributed by atoms with E-state index < -0.39 is 0 Å². The molecule has 0 aliphatic carbocycles. The number of hydrogen-bond acceptors (Lipinski definition) is 2. The SMILES string of the molecule is Cl.O=C([C@H]1C[C@@H](c2cccc(Cl)c2)CN1)N1Cc2ccccc2C1. The Morgan fingerprint density at radius 1 is 1.08 bits per heavy atom. The number of amides is 1. The largest absolute Gasteiger partial charge is 0.333 e. The Balaban J connectivity index is 0.00000169. The van der Waals surface area contributed by atoms with E-state index in [0.717, 1.165) is 31.1 Å². The van der Waals surface area contributed by atoms with E-state index in [1.807, 2.05) is 35.2 Å². The van der Waals surface area contributed by atoms with Crippen molar-refractivity contribution < 1.29 is 4.79 Å². The number of benzene rings is 2. The Hall–Kier alpha value is -1.55. The predicted octanol–water partition coefficient (Wildman–Crippen LogP) is 3.75. The Morgan fingerprint density at radius 2 is 1.79 bits per heavy atom. The van der Waals surface area contributed by atoms with Crippen molar-refractivity contribution in [1.82, 2.24) is 10.2 Å². The molecule has 5 heteroatoms. The van der Waals surface area contributed by atoms with Crippen LogP contribution in [0.15, 0.2) is 48.5 Å². The molecule has 2 aromatic rings. The number of nitrogens with one attached hydrogen (secondary N) is 1. The van der Waals surface area contributed by atoms with Crippen molar-refractivity contribution in [3.05, 3.63) is 70.2 Å². The summed E-state index contributed by atoms with van der Waals surface area (Å²) < 4.78 is 0. The van der Waals surface area contributed by atoms with Crippen LogP contribution in [0.3, 0.4) is 0 Å². The van der Waals surface area contributed by atoms with Crippen LogP contribution >= 0.6 is 24.0 Å². The third-order valence-electron chi connectivity index (χ3n) is 4.90. The van der Waals surface area contributed by atoms with Crippen LogP contribution in [-0.2, 0) is 17.9 Å². The molecule has 2 aliphatic rings. The minimum absolute atomic E-state index is 0. The number of halogens is 2. The van der Waals surface area contributed by atoms with Crippen molar-refractivity contribution in [2.24, 2.45) is 0 Å². The van der Waals surface area contributed by atoms with Crippen LogP contribution in [0.5, 0.6) is 0 Å². The fourth-order valence-electron chi connectivity index (χ4n) is 3.65. The van der Waals surface area contributed by atoms with E-state index in [1.54, 1.807) is 0 Å². The second kappa shape index (κ2) is 7.14. The fourth-order valence-corrected chi connectivity index (χ4v) is 3.85. The number of rotatable bonds is 2. The number of hydrogen-bond donors (Lipinski definition) is 1. The van der Waals surface area contributed by atoms with Crippen molar-refractivity contribution >= 4 is 29.9 Å². The van der Waals surface area contributed by atoms with Gasteiger partial charge in [0.15, 0.2) is 0 Å². The van der Waals surface area contributed by atoms with Gasteiger partial charge < -0.3 is 10.2 Å². The number of carbonyl (C=O) groups excluding carboxylic acids is 1. The molecular formula is C19H20Cl2N2O. The Morgan fingerprint density at radius 3 is 2.46 bits per heavy atom. The van der Waals surface area contributed by atoms with Crippen LogP contribution in [0.25, 0.3) is 0 Å². The van der Waals surface area contributed by atoms with E-state index >= 15 is 0 Å². The Bertz CT molecular complexity index is 725. The molecule has 1 saturated heterocycles. The summed E-state index contributed by atoms with van der Waals surface area (Å²) in [6.07, 6.45) is 0.839. The molecule has 0 radical (unpaired) electrons. The van der Waals surface area contributed by atoms with Gasteiger partial charge in [-0.25, -0.2) is 0 Å². The van der Waals surface area contributed by atoms with Gasteiger partial charge in [0.1, 0.15) is 0 Å². The highest BCUT2D eigenvalue weighted by molar-refractivity contribution is 6.30. The first kappa shape index (κ1) is 17.3. The standard InChI is InChI=1S/C19H19ClN2O.ClH/c20-17-7-3-6-13(8-17)16-9-18(21-10-16)19(23)22-11-14-4-1-2-5-15(14)12-22;/h1-8,16,18,21H,9-12H2;1H/t16-,18-;/m1./s1. The molecule has 0 saturated carbocycles. The van der Waals surface area contributed by atoms with Crippen LogP contribution in [0.1, 0.15) is 29.0 Å². The molecule has 24 heavy (non-hydrogen) atoms. The summed E-state index contributed by atoms with van der Waals surface area (Å²) in [4.78, 5) is 14.8. The van der Waals surface area contributed by atoms with Crippen LogP contribution in [-0.4, -0.2) is 23.4 Å². The zero-order chi connectivity index (χ0) is 15.8. The summed E-state index contributed by atoms with van der Waals surface area (Å²) in [5.74, 6) is 0.568. The number of nitrogens with zero attached hydrogens (tertiary/aromatic N) is 1. The second-order valence-electron chi connectivity index (χ2n) is 6.41. The van der Waals surface area contributed by atoms with Gasteiger partial charge in [0.2, 0.25) is 5.91 Å². The van der Waals surface area contributed by atoms with Crippen molar-refractivity contribution in [2.75, 3.05) is 6.54 Å². The first-order chi connectivity index (χ1) is 11.2. The molecule has 0 spiro atoms. The molecule has 0 unspecified atom stereocenters. The molecule has 1 amide bonds. The fraction of sp³-hybridized carbons (Fsp3) is 0.316. The zero-order valence-electron chi connectivity index (χ0n) is 13.2. The Labute approximate surface area is 153 Å². The maximum absolute atomic E-state index is 12.8. The monoisotopic (exact) mass is 362 g/mol. The van der Waals surface area contributed by atoms with Gasteiger partial charge in [-0.1, -0.05) is 48.0 Å². The topological polar surface area (TPSA) is 32.3 Å². The lowest BCUT2D eigenvalue weighted by Gasteiger charge is -2.20. The highest BCUT2D eigenvalue weighted by Gasteiger charge is 2.34. The van der Waals surface area contributed by atoms with E-state index in [1.165, 1.54) is 16.7 Å². The molecule has 0 bridgehead atoms. The van der Waals surface area contributed by atoms with Gasteiger partial charge in [0, 0.05) is 24.7 Å². The summed E-state index contributed by atoms with van der Waals surface area (Å²) in [6, 6.07) is 16.2. The maximum Gasteiger partial charge on any atom is 0.240 e. The van der Waals surface area contributed by atoms with E-state index in [2.05, 4.69) is 23.5 Å². The van der Waals surface area contributed by atoms with E-state index in [0.29, 0.717) is 5.92 Å². The van der Waals surface area contributed by atoms with E-state index in [-0.39, 0.29) is 24.4 Å². The zero-order valence-corrected chi connectivity index (χ0v) is 14.8. The average Bonchev–Trinajstić information content (AvgIpc) is 3.21. The third-order valence-corrected chi connectivity index (χ3v) is 5.14. The first-order valence-electron chi connectivity index (χ1n) is 8.05. The molecule has 126 valence electrons. The van der Waals surface area contributed by atoms with Gasteiger partial charge in [-0.15, -0.1) is 12.4 Å². The van der Waals surface area contributed by atoms with Gasteiger partial charge in [0.05, 0.1) is 6.04 Å². The van der Waals surface area contributed by atoms with Gasteiger partial charge in [0.25, 0.3) is 0 Å². The average molecular weight is 363 g/mol. The van der Waals surface area contributed by atoms with Crippen LogP contribution in [0, 0.1) is 0 Å². The maximum atomic E-state index is 12.8. The second-order valence-corrected chi connectivity index (χ2v) is 6.85. The summed E-state index contributed by atoms with van der Waals surface area (Å²) in [7, 11) is 0. The van der Waals surface area contributed by atoms with Gasteiger partial charge in [-0.05, 0) is 41.2 Å². The first-order valence-corrected chi connectivity index (χ1v) is 8.43. The minimum atomic E-state index is -0.0895. The van der Waals surface area contributed by atoms with Gasteiger partial charge >= 0.3 is 0 Å². The lowest BCUT2D eigenvalue weighted by molar-refractivity contribution is -0.133. The summed E-state index contributed by atoms with van der Waals surface area (Å²) in [5, 5.41) is 4.15. The lowest BCUT2D eigenvalue weighted by atomic mass is 9.96. The minimum Gasteiger partial charge on any atom is -0.333 e. The van der Waals surface area contributed by atoms with Crippen LogP contribution in [0.2, 0.25) is 5.02 Å². The lowest BCUT2D eigenvalue weighted by Crippen LogP contribution is -2.40. The molecule has 2 heterocycles. The molecule has 1 N–H and O–H groups in total. The van der Waals surface area contributed by atoms with E-state index in [4.69, 9.17) is 11.6 Å². The molecular weight excluding hydrogens is 343 g/mol.